The second-order valence-corrected chi connectivity index (χ2v) is 10.6. The SMILES string of the molecule is COc1ccc(C(/C(C)=C(\O)c2ccccc2OC=O)c2c(C)c3ccccc3oc2=O)cc1CSc1ccccn1. The quantitative estimate of drug-likeness (QED) is 0.0788. The summed E-state index contributed by atoms with van der Waals surface area (Å²) in [6.07, 6.45) is 1.75. The lowest BCUT2D eigenvalue weighted by molar-refractivity contribution is -0.120. The summed E-state index contributed by atoms with van der Waals surface area (Å²) < 4.78 is 16.6. The molecule has 42 heavy (non-hydrogen) atoms. The molecular formula is C34H29NO6S. The van der Waals surface area contributed by atoms with Crippen LogP contribution in [0, 0.1) is 6.92 Å². The lowest BCUT2D eigenvalue weighted by Crippen LogP contribution is -2.18. The summed E-state index contributed by atoms with van der Waals surface area (Å²) in [7, 11) is 1.62. The summed E-state index contributed by atoms with van der Waals surface area (Å²) in [5.74, 6) is 0.659. The zero-order valence-electron chi connectivity index (χ0n) is 23.4. The number of carbonyl (C=O) groups is 1. The number of thioether (sulfide) groups is 1. The van der Waals surface area contributed by atoms with Crippen molar-refractivity contribution >= 4 is 35.0 Å². The molecule has 0 saturated carbocycles. The summed E-state index contributed by atoms with van der Waals surface area (Å²) >= 11 is 1.56. The maximum atomic E-state index is 13.6. The molecule has 212 valence electrons. The minimum absolute atomic E-state index is 0.107. The number of hydrogen-bond acceptors (Lipinski definition) is 8. The molecule has 0 aliphatic rings. The van der Waals surface area contributed by atoms with E-state index in [0.29, 0.717) is 40.3 Å². The summed E-state index contributed by atoms with van der Waals surface area (Å²) in [5.41, 5.74) is 3.61. The van der Waals surface area contributed by atoms with Gasteiger partial charge in [-0.05, 0) is 66.9 Å². The number of aromatic nitrogens is 1. The standard InChI is InChI=1S/C34H29NO6S/c1-21-25-10-4-7-13-29(25)41-34(38)32(21)31(22(2)33(37)26-11-5-6-12-28(26)40-20-36)23-15-16-27(39-3)24(18-23)19-42-30-14-8-9-17-35-30/h4-18,20,31,37H,19H2,1-3H3/b33-22-. The average molecular weight is 580 g/mol. The molecule has 8 heteroatoms. The van der Waals surface area contributed by atoms with Gasteiger partial charge in [-0.3, -0.25) is 4.79 Å². The predicted octanol–water partition coefficient (Wildman–Crippen LogP) is 7.45. The fourth-order valence-electron chi connectivity index (χ4n) is 5.13. The largest absolute Gasteiger partial charge is 0.507 e. The van der Waals surface area contributed by atoms with Gasteiger partial charge < -0.3 is 19.0 Å². The van der Waals surface area contributed by atoms with E-state index in [1.165, 1.54) is 0 Å². The van der Waals surface area contributed by atoms with Gasteiger partial charge in [0.25, 0.3) is 6.47 Å². The number of para-hydroxylation sites is 2. The number of allylic oxidation sites excluding steroid dienone is 1. The predicted molar refractivity (Wildman–Crippen MR) is 164 cm³/mol. The van der Waals surface area contributed by atoms with E-state index in [0.717, 1.165) is 27.1 Å². The van der Waals surface area contributed by atoms with Gasteiger partial charge in [0.15, 0.2) is 0 Å². The molecule has 7 nitrogen and oxygen atoms in total. The Morgan fingerprint density at radius 2 is 1.79 bits per heavy atom. The highest BCUT2D eigenvalue weighted by Crippen LogP contribution is 2.40. The van der Waals surface area contributed by atoms with Crippen molar-refractivity contribution in [1.29, 1.82) is 0 Å². The molecule has 0 spiro atoms. The van der Waals surface area contributed by atoms with Gasteiger partial charge in [-0.2, -0.15) is 0 Å². The minimum atomic E-state index is -0.695. The Hall–Kier alpha value is -4.82. The molecule has 0 aliphatic heterocycles. The molecule has 0 aliphatic carbocycles. The topological polar surface area (TPSA) is 98.9 Å². The Morgan fingerprint density at radius 3 is 2.55 bits per heavy atom. The van der Waals surface area contributed by atoms with Crippen LogP contribution in [0.5, 0.6) is 11.5 Å². The molecule has 5 aromatic rings. The Bertz CT molecular complexity index is 1830. The van der Waals surface area contributed by atoms with E-state index in [2.05, 4.69) is 4.98 Å². The Balaban J connectivity index is 1.72. The van der Waals surface area contributed by atoms with Crippen LogP contribution >= 0.6 is 11.8 Å². The van der Waals surface area contributed by atoms with Gasteiger partial charge in [-0.15, -0.1) is 11.8 Å². The number of fused-ring (bicyclic) bond motifs is 1. The fourth-order valence-corrected chi connectivity index (χ4v) is 5.97. The molecular weight excluding hydrogens is 550 g/mol. The fraction of sp³-hybridized carbons (Fsp3) is 0.147. The van der Waals surface area contributed by atoms with E-state index < -0.39 is 11.5 Å². The number of aliphatic hydroxyl groups is 1. The Labute approximate surface area is 247 Å². The van der Waals surface area contributed by atoms with Crippen molar-refractivity contribution in [1.82, 2.24) is 4.98 Å². The van der Waals surface area contributed by atoms with Crippen LogP contribution in [0.3, 0.4) is 0 Å². The normalized spacial score (nSPS) is 12.5. The van der Waals surface area contributed by atoms with E-state index in [-0.39, 0.29) is 11.5 Å². The summed E-state index contributed by atoms with van der Waals surface area (Å²) in [6, 6.07) is 25.6. The van der Waals surface area contributed by atoms with Crippen molar-refractivity contribution in [3.05, 3.63) is 135 Å². The Morgan fingerprint density at radius 1 is 1.02 bits per heavy atom. The highest BCUT2D eigenvalue weighted by Gasteiger charge is 2.28. The van der Waals surface area contributed by atoms with Gasteiger partial charge in [-0.25, -0.2) is 9.78 Å². The number of carbonyl (C=O) groups excluding carboxylic acids is 1. The van der Waals surface area contributed by atoms with Crippen molar-refractivity contribution in [3.63, 3.8) is 0 Å². The van der Waals surface area contributed by atoms with Crippen LogP contribution < -0.4 is 15.1 Å². The number of aryl methyl sites for hydroxylation is 1. The first kappa shape index (κ1) is 28.7. The molecule has 5 rings (SSSR count). The van der Waals surface area contributed by atoms with Gasteiger partial charge in [0.1, 0.15) is 22.8 Å². The highest BCUT2D eigenvalue weighted by molar-refractivity contribution is 7.98. The molecule has 3 aromatic carbocycles. The lowest BCUT2D eigenvalue weighted by atomic mass is 9.81. The van der Waals surface area contributed by atoms with Gasteiger partial charge in [0.05, 0.1) is 23.3 Å². The summed E-state index contributed by atoms with van der Waals surface area (Å²) in [4.78, 5) is 29.2. The number of ether oxygens (including phenoxy) is 2. The van der Waals surface area contributed by atoms with Crippen molar-refractivity contribution < 1.29 is 23.8 Å². The monoisotopic (exact) mass is 579 g/mol. The van der Waals surface area contributed by atoms with Crippen LogP contribution in [0.4, 0.5) is 0 Å². The number of methoxy groups -OCH3 is 1. The Kier molecular flexibility index (Phi) is 8.74. The number of pyridine rings is 1. The van der Waals surface area contributed by atoms with E-state index in [9.17, 15) is 14.7 Å². The molecule has 2 heterocycles. The van der Waals surface area contributed by atoms with E-state index in [1.54, 1.807) is 62.3 Å². The first-order valence-corrected chi connectivity index (χ1v) is 14.2. The third-order valence-electron chi connectivity index (χ3n) is 7.18. The lowest BCUT2D eigenvalue weighted by Gasteiger charge is -2.23. The summed E-state index contributed by atoms with van der Waals surface area (Å²) in [5, 5.41) is 13.3. The number of nitrogens with zero attached hydrogens (tertiary/aromatic N) is 1. The summed E-state index contributed by atoms with van der Waals surface area (Å²) in [6.45, 7) is 3.96. The highest BCUT2D eigenvalue weighted by atomic mass is 32.2. The first-order chi connectivity index (χ1) is 20.4. The molecule has 1 N–H and O–H groups in total. The molecule has 1 unspecified atom stereocenters. The van der Waals surface area contributed by atoms with E-state index in [1.807, 2.05) is 61.5 Å². The zero-order chi connectivity index (χ0) is 29.6. The molecule has 0 bridgehead atoms. The van der Waals surface area contributed by atoms with Crippen LogP contribution in [-0.2, 0) is 10.5 Å². The minimum Gasteiger partial charge on any atom is -0.507 e. The number of benzene rings is 3. The third kappa shape index (κ3) is 5.80. The number of hydrogen-bond donors (Lipinski definition) is 1. The molecule has 1 atom stereocenters. The number of aliphatic hydroxyl groups excluding tert-OH is 1. The molecule has 0 saturated heterocycles. The average Bonchev–Trinajstić information content (AvgIpc) is 3.02. The molecule has 0 fully saturated rings. The van der Waals surface area contributed by atoms with Gasteiger partial charge in [0.2, 0.25) is 0 Å². The smallest absolute Gasteiger partial charge is 0.340 e. The van der Waals surface area contributed by atoms with Crippen molar-refractivity contribution in [3.8, 4) is 11.5 Å². The van der Waals surface area contributed by atoms with Crippen LogP contribution in [0.25, 0.3) is 16.7 Å². The number of rotatable bonds is 10. The molecule has 0 radical (unpaired) electrons. The van der Waals surface area contributed by atoms with Crippen LogP contribution in [0.15, 0.2) is 111 Å². The van der Waals surface area contributed by atoms with Gasteiger partial charge >= 0.3 is 5.63 Å². The maximum Gasteiger partial charge on any atom is 0.340 e. The van der Waals surface area contributed by atoms with Crippen LogP contribution in [-0.4, -0.2) is 23.7 Å². The molecule has 0 amide bonds. The van der Waals surface area contributed by atoms with E-state index >= 15 is 0 Å². The molecule has 2 aromatic heterocycles. The third-order valence-corrected chi connectivity index (χ3v) is 8.17. The van der Waals surface area contributed by atoms with Crippen molar-refractivity contribution in [2.45, 2.75) is 30.5 Å². The second kappa shape index (κ2) is 12.8. The zero-order valence-corrected chi connectivity index (χ0v) is 24.2. The van der Waals surface area contributed by atoms with Crippen LogP contribution in [0.2, 0.25) is 0 Å². The van der Waals surface area contributed by atoms with Crippen molar-refractivity contribution in [2.75, 3.05) is 7.11 Å². The maximum absolute atomic E-state index is 13.6. The van der Waals surface area contributed by atoms with Crippen molar-refractivity contribution in [2.24, 2.45) is 0 Å². The van der Waals surface area contributed by atoms with Crippen LogP contribution in [0.1, 0.15) is 40.7 Å². The first-order valence-electron chi connectivity index (χ1n) is 13.2. The second-order valence-electron chi connectivity index (χ2n) is 9.63. The van der Waals surface area contributed by atoms with Gasteiger partial charge in [0, 0.05) is 28.8 Å². The van der Waals surface area contributed by atoms with Gasteiger partial charge in [-0.1, -0.05) is 48.5 Å². The van der Waals surface area contributed by atoms with E-state index in [4.69, 9.17) is 13.9 Å².